The third-order valence-corrected chi connectivity index (χ3v) is 3.90. The number of hydrogen-bond donors (Lipinski definition) is 2. The Morgan fingerprint density at radius 1 is 1.33 bits per heavy atom. The van der Waals surface area contributed by atoms with Crippen molar-refractivity contribution in [3.63, 3.8) is 0 Å². The first-order chi connectivity index (χ1) is 8.50. The normalized spacial score (nSPS) is 28.4. The number of nitrogens with two attached hydrogens (primary N) is 1. The summed E-state index contributed by atoms with van der Waals surface area (Å²) in [6, 6.07) is 0.214. The predicted molar refractivity (Wildman–Crippen MR) is 75.3 cm³/mol. The second-order valence-electron chi connectivity index (χ2n) is 5.96. The molecular weight excluding hydrogens is 226 g/mol. The molecule has 4 nitrogen and oxygen atoms in total. The Bertz CT molecular complexity index is 255. The molecule has 1 aliphatic rings. The minimum atomic E-state index is 0.127. The number of amides is 1. The van der Waals surface area contributed by atoms with Crippen molar-refractivity contribution >= 4 is 5.91 Å². The molecule has 4 heteroatoms. The van der Waals surface area contributed by atoms with Gasteiger partial charge < -0.3 is 16.0 Å². The number of hydrogen-bond acceptors (Lipinski definition) is 3. The van der Waals surface area contributed by atoms with Gasteiger partial charge in [0.2, 0.25) is 5.91 Å². The molecule has 0 aromatic heterocycles. The van der Waals surface area contributed by atoms with Crippen LogP contribution >= 0.6 is 0 Å². The highest BCUT2D eigenvalue weighted by Gasteiger charge is 2.30. The molecule has 0 aromatic carbocycles. The van der Waals surface area contributed by atoms with E-state index in [2.05, 4.69) is 31.2 Å². The summed E-state index contributed by atoms with van der Waals surface area (Å²) in [5, 5.41) is 3.06. The van der Waals surface area contributed by atoms with E-state index in [9.17, 15) is 4.79 Å². The lowest BCUT2D eigenvalue weighted by Crippen LogP contribution is -2.41. The van der Waals surface area contributed by atoms with Crippen molar-refractivity contribution in [1.29, 1.82) is 0 Å². The van der Waals surface area contributed by atoms with E-state index < -0.39 is 0 Å². The van der Waals surface area contributed by atoms with Crippen LogP contribution in [0.2, 0.25) is 0 Å². The van der Waals surface area contributed by atoms with Crippen molar-refractivity contribution in [1.82, 2.24) is 10.2 Å². The third kappa shape index (κ3) is 5.36. The Balaban J connectivity index is 2.19. The molecule has 1 amide bonds. The van der Waals surface area contributed by atoms with Gasteiger partial charge in [-0.05, 0) is 58.7 Å². The van der Waals surface area contributed by atoms with Gasteiger partial charge >= 0.3 is 0 Å². The first-order valence-electron chi connectivity index (χ1n) is 7.18. The monoisotopic (exact) mass is 255 g/mol. The van der Waals surface area contributed by atoms with Crippen LogP contribution in [-0.2, 0) is 4.79 Å². The second-order valence-corrected chi connectivity index (χ2v) is 5.96. The molecule has 18 heavy (non-hydrogen) atoms. The highest BCUT2D eigenvalue weighted by atomic mass is 16.1. The van der Waals surface area contributed by atoms with Crippen LogP contribution in [0, 0.1) is 11.8 Å². The van der Waals surface area contributed by atoms with Crippen LogP contribution in [0.1, 0.15) is 39.0 Å². The van der Waals surface area contributed by atoms with Gasteiger partial charge in [-0.2, -0.15) is 0 Å². The van der Waals surface area contributed by atoms with Crippen LogP contribution in [0.5, 0.6) is 0 Å². The van der Waals surface area contributed by atoms with Crippen molar-refractivity contribution in [2.75, 3.05) is 27.2 Å². The first-order valence-corrected chi connectivity index (χ1v) is 7.18. The summed E-state index contributed by atoms with van der Waals surface area (Å²) in [4.78, 5) is 14.2. The topological polar surface area (TPSA) is 58.4 Å². The van der Waals surface area contributed by atoms with Crippen LogP contribution in [0.4, 0.5) is 0 Å². The molecule has 1 fully saturated rings. The SMILES string of the molecule is CC1CCC(N)CC1C(=O)NCCCCN(C)C. The van der Waals surface area contributed by atoms with Crippen molar-refractivity contribution in [2.24, 2.45) is 17.6 Å². The minimum absolute atomic E-state index is 0.127. The number of unbranched alkanes of at least 4 members (excludes halogenated alkanes) is 1. The van der Waals surface area contributed by atoms with E-state index in [-0.39, 0.29) is 17.9 Å². The van der Waals surface area contributed by atoms with E-state index in [0.29, 0.717) is 5.92 Å². The molecule has 0 heterocycles. The molecule has 0 aliphatic heterocycles. The molecule has 0 aromatic rings. The van der Waals surface area contributed by atoms with Gasteiger partial charge in [0, 0.05) is 18.5 Å². The van der Waals surface area contributed by atoms with Crippen molar-refractivity contribution in [3.8, 4) is 0 Å². The zero-order valence-electron chi connectivity index (χ0n) is 12.1. The maximum absolute atomic E-state index is 12.1. The van der Waals surface area contributed by atoms with Crippen LogP contribution in [0.25, 0.3) is 0 Å². The maximum Gasteiger partial charge on any atom is 0.223 e. The summed E-state index contributed by atoms with van der Waals surface area (Å²) in [6.07, 6.45) is 5.18. The number of carbonyl (C=O) groups is 1. The number of nitrogens with zero attached hydrogens (tertiary/aromatic N) is 1. The average molecular weight is 255 g/mol. The number of rotatable bonds is 6. The highest BCUT2D eigenvalue weighted by molar-refractivity contribution is 5.79. The van der Waals surface area contributed by atoms with E-state index in [1.54, 1.807) is 0 Å². The standard InChI is InChI=1S/C14H29N3O/c1-11-6-7-12(15)10-13(11)14(18)16-8-4-5-9-17(2)3/h11-13H,4-10,15H2,1-3H3,(H,16,18). The maximum atomic E-state index is 12.1. The summed E-state index contributed by atoms with van der Waals surface area (Å²) in [7, 11) is 4.15. The smallest absolute Gasteiger partial charge is 0.223 e. The van der Waals surface area contributed by atoms with Gasteiger partial charge in [-0.15, -0.1) is 0 Å². The lowest BCUT2D eigenvalue weighted by atomic mass is 9.78. The molecule has 1 aliphatic carbocycles. The fraction of sp³-hybridized carbons (Fsp3) is 0.929. The number of carbonyl (C=O) groups excluding carboxylic acids is 1. The van der Waals surface area contributed by atoms with Crippen LogP contribution in [0.3, 0.4) is 0 Å². The predicted octanol–water partition coefficient (Wildman–Crippen LogP) is 1.21. The van der Waals surface area contributed by atoms with Crippen molar-refractivity contribution < 1.29 is 4.79 Å². The molecule has 0 spiro atoms. The van der Waals surface area contributed by atoms with Crippen LogP contribution < -0.4 is 11.1 Å². The molecule has 0 bridgehead atoms. The summed E-state index contributed by atoms with van der Waals surface area (Å²) in [5.74, 6) is 0.816. The Morgan fingerprint density at radius 2 is 2.06 bits per heavy atom. The van der Waals surface area contributed by atoms with Gasteiger partial charge in [-0.3, -0.25) is 4.79 Å². The van der Waals surface area contributed by atoms with E-state index in [1.807, 2.05) is 0 Å². The largest absolute Gasteiger partial charge is 0.356 e. The third-order valence-electron chi connectivity index (χ3n) is 3.90. The lowest BCUT2D eigenvalue weighted by molar-refractivity contribution is -0.127. The zero-order chi connectivity index (χ0) is 13.5. The summed E-state index contributed by atoms with van der Waals surface area (Å²) in [6.45, 7) is 4.05. The molecule has 0 radical (unpaired) electrons. The molecule has 3 N–H and O–H groups in total. The fourth-order valence-electron chi connectivity index (χ4n) is 2.62. The van der Waals surface area contributed by atoms with Crippen LogP contribution in [0.15, 0.2) is 0 Å². The van der Waals surface area contributed by atoms with E-state index in [1.165, 1.54) is 0 Å². The second kappa shape index (κ2) is 7.74. The van der Waals surface area contributed by atoms with E-state index >= 15 is 0 Å². The van der Waals surface area contributed by atoms with Gasteiger partial charge in [0.05, 0.1) is 0 Å². The molecule has 106 valence electrons. The van der Waals surface area contributed by atoms with Gasteiger partial charge in [-0.25, -0.2) is 0 Å². The van der Waals surface area contributed by atoms with Crippen molar-refractivity contribution in [2.45, 2.75) is 45.1 Å². The summed E-state index contributed by atoms with van der Waals surface area (Å²) in [5.41, 5.74) is 5.95. The average Bonchev–Trinajstić information content (AvgIpc) is 2.31. The molecule has 3 unspecified atom stereocenters. The fourth-order valence-corrected chi connectivity index (χ4v) is 2.62. The Labute approximate surface area is 111 Å². The van der Waals surface area contributed by atoms with Gasteiger partial charge in [0.1, 0.15) is 0 Å². The molecule has 0 saturated heterocycles. The Hall–Kier alpha value is -0.610. The van der Waals surface area contributed by atoms with Crippen molar-refractivity contribution in [3.05, 3.63) is 0 Å². The first kappa shape index (κ1) is 15.4. The molecule has 3 atom stereocenters. The Kier molecular flexibility index (Phi) is 6.65. The lowest BCUT2D eigenvalue weighted by Gasteiger charge is -2.31. The highest BCUT2D eigenvalue weighted by Crippen LogP contribution is 2.29. The van der Waals surface area contributed by atoms with Gasteiger partial charge in [0.25, 0.3) is 0 Å². The van der Waals surface area contributed by atoms with E-state index in [0.717, 1.165) is 45.2 Å². The zero-order valence-corrected chi connectivity index (χ0v) is 12.1. The summed E-state index contributed by atoms with van der Waals surface area (Å²) < 4.78 is 0. The number of nitrogens with one attached hydrogen (secondary N) is 1. The van der Waals surface area contributed by atoms with E-state index in [4.69, 9.17) is 5.73 Å². The van der Waals surface area contributed by atoms with Gasteiger partial charge in [-0.1, -0.05) is 6.92 Å². The minimum Gasteiger partial charge on any atom is -0.356 e. The molecular formula is C14H29N3O. The van der Waals surface area contributed by atoms with Gasteiger partial charge in [0.15, 0.2) is 0 Å². The van der Waals surface area contributed by atoms with Crippen LogP contribution in [-0.4, -0.2) is 44.0 Å². The summed E-state index contributed by atoms with van der Waals surface area (Å²) >= 11 is 0. The molecule has 1 rings (SSSR count). The molecule has 1 saturated carbocycles. The Morgan fingerprint density at radius 3 is 2.72 bits per heavy atom. The quantitative estimate of drug-likeness (QED) is 0.701.